The average molecular weight is 537 g/mol. The van der Waals surface area contributed by atoms with Gasteiger partial charge in [0.15, 0.2) is 0 Å². The molecule has 0 spiro atoms. The Kier molecular flexibility index (Phi) is 5.97. The normalized spacial score (nSPS) is 14.4. The van der Waals surface area contributed by atoms with Gasteiger partial charge in [0.25, 0.3) is 0 Å². The van der Waals surface area contributed by atoms with Crippen molar-refractivity contribution in [2.75, 3.05) is 0 Å². The van der Waals surface area contributed by atoms with E-state index in [1.54, 1.807) is 0 Å². The molecule has 28 heavy (non-hydrogen) atoms. The highest BCUT2D eigenvalue weighted by atomic mass is 79.9. The van der Waals surface area contributed by atoms with E-state index in [2.05, 4.69) is 31.9 Å². The van der Waals surface area contributed by atoms with E-state index in [9.17, 15) is 4.79 Å². The summed E-state index contributed by atoms with van der Waals surface area (Å²) in [5.74, 6) is 0.752. The molecule has 3 aromatic carbocycles. The minimum Gasteiger partial charge on any atom is -0.486 e. The van der Waals surface area contributed by atoms with Crippen molar-refractivity contribution in [3.05, 3.63) is 96.2 Å². The van der Waals surface area contributed by atoms with Gasteiger partial charge in [-0.25, -0.2) is 0 Å². The second-order valence-electron chi connectivity index (χ2n) is 6.13. The molecule has 0 atom stereocenters. The van der Waals surface area contributed by atoms with E-state index in [0.29, 0.717) is 22.3 Å². The Balaban J connectivity index is 1.57. The predicted octanol–water partition coefficient (Wildman–Crippen LogP) is 7.77. The summed E-state index contributed by atoms with van der Waals surface area (Å²) in [6, 6.07) is 19.1. The van der Waals surface area contributed by atoms with Crippen LogP contribution in [0.3, 0.4) is 0 Å². The number of rotatable bonds is 4. The highest BCUT2D eigenvalue weighted by Gasteiger charge is 2.25. The Morgan fingerprint density at radius 1 is 1.00 bits per heavy atom. The van der Waals surface area contributed by atoms with Crippen LogP contribution in [-0.4, -0.2) is 5.78 Å². The zero-order valence-corrected chi connectivity index (χ0v) is 19.2. The number of fused-ring (bicyclic) bond motifs is 1. The molecule has 0 unspecified atom stereocenters. The molecule has 0 saturated heterocycles. The van der Waals surface area contributed by atoms with Crippen LogP contribution in [0.25, 0.3) is 6.08 Å². The SMILES string of the molecule is O=C1/C(=C/c2cc(Br)c(OCc3ccccc3Cl)c(Br)c2)Sc2ccccc21. The van der Waals surface area contributed by atoms with E-state index >= 15 is 0 Å². The summed E-state index contributed by atoms with van der Waals surface area (Å²) < 4.78 is 7.56. The number of carbonyl (C=O) groups is 1. The monoisotopic (exact) mass is 534 g/mol. The number of hydrogen-bond acceptors (Lipinski definition) is 3. The Morgan fingerprint density at radius 2 is 1.68 bits per heavy atom. The number of Topliss-reactive ketones (excluding diaryl/α,β-unsaturated/α-hetero) is 1. The van der Waals surface area contributed by atoms with Crippen molar-refractivity contribution >= 4 is 67.1 Å². The van der Waals surface area contributed by atoms with Crippen molar-refractivity contribution in [3.63, 3.8) is 0 Å². The molecular weight excluding hydrogens is 524 g/mol. The maximum Gasteiger partial charge on any atom is 0.200 e. The molecule has 2 nitrogen and oxygen atoms in total. The molecule has 4 rings (SSSR count). The van der Waals surface area contributed by atoms with Crippen LogP contribution in [0.2, 0.25) is 5.02 Å². The lowest BCUT2D eigenvalue weighted by atomic mass is 10.1. The van der Waals surface area contributed by atoms with Crippen LogP contribution in [0.15, 0.2) is 79.4 Å². The van der Waals surface area contributed by atoms with Crippen molar-refractivity contribution in [2.45, 2.75) is 11.5 Å². The van der Waals surface area contributed by atoms with Gasteiger partial charge in [0.1, 0.15) is 12.4 Å². The third-order valence-electron chi connectivity index (χ3n) is 4.22. The van der Waals surface area contributed by atoms with Crippen LogP contribution in [0.5, 0.6) is 5.75 Å². The van der Waals surface area contributed by atoms with Crippen LogP contribution in [-0.2, 0) is 6.61 Å². The minimum absolute atomic E-state index is 0.0619. The number of ketones is 1. The molecule has 0 bridgehead atoms. The lowest BCUT2D eigenvalue weighted by Gasteiger charge is -2.12. The number of hydrogen-bond donors (Lipinski definition) is 0. The summed E-state index contributed by atoms with van der Waals surface area (Å²) in [6.45, 7) is 0.362. The molecule has 0 amide bonds. The van der Waals surface area contributed by atoms with Gasteiger partial charge in [0, 0.05) is 21.0 Å². The second kappa shape index (κ2) is 8.46. The molecule has 1 aliphatic rings. The maximum atomic E-state index is 12.6. The first-order chi connectivity index (χ1) is 13.5. The van der Waals surface area contributed by atoms with Gasteiger partial charge in [-0.05, 0) is 73.8 Å². The number of carbonyl (C=O) groups excluding carboxylic acids is 1. The quantitative estimate of drug-likeness (QED) is 0.319. The van der Waals surface area contributed by atoms with Crippen molar-refractivity contribution in [2.24, 2.45) is 0 Å². The van der Waals surface area contributed by atoms with Gasteiger partial charge in [0.2, 0.25) is 5.78 Å². The summed E-state index contributed by atoms with van der Waals surface area (Å²) in [5.41, 5.74) is 2.59. The first-order valence-electron chi connectivity index (χ1n) is 8.41. The lowest BCUT2D eigenvalue weighted by molar-refractivity contribution is 0.104. The fourth-order valence-corrected chi connectivity index (χ4v) is 5.55. The largest absolute Gasteiger partial charge is 0.486 e. The molecule has 6 heteroatoms. The van der Waals surface area contributed by atoms with Gasteiger partial charge >= 0.3 is 0 Å². The second-order valence-corrected chi connectivity index (χ2v) is 9.33. The van der Waals surface area contributed by atoms with Crippen molar-refractivity contribution in [3.8, 4) is 5.75 Å². The van der Waals surface area contributed by atoms with Gasteiger partial charge in [-0.3, -0.25) is 4.79 Å². The summed E-state index contributed by atoms with van der Waals surface area (Å²) in [7, 11) is 0. The fraction of sp³-hybridized carbons (Fsp3) is 0.0455. The summed E-state index contributed by atoms with van der Waals surface area (Å²) in [6.07, 6.45) is 1.90. The molecule has 1 aliphatic heterocycles. The van der Waals surface area contributed by atoms with Crippen LogP contribution in [0, 0.1) is 0 Å². The molecule has 1 heterocycles. The van der Waals surface area contributed by atoms with Crippen molar-refractivity contribution < 1.29 is 9.53 Å². The van der Waals surface area contributed by atoms with Crippen LogP contribution >= 0.6 is 55.2 Å². The molecule has 0 N–H and O–H groups in total. The molecule has 0 aliphatic carbocycles. The number of ether oxygens (including phenoxy) is 1. The molecule has 0 radical (unpaired) electrons. The highest BCUT2D eigenvalue weighted by Crippen LogP contribution is 2.42. The molecule has 0 saturated carbocycles. The first kappa shape index (κ1) is 19.8. The van der Waals surface area contributed by atoms with E-state index in [0.717, 1.165) is 30.5 Å². The number of halogens is 3. The maximum absolute atomic E-state index is 12.6. The Bertz CT molecular complexity index is 1090. The zero-order valence-electron chi connectivity index (χ0n) is 14.4. The van der Waals surface area contributed by atoms with Gasteiger partial charge < -0.3 is 4.74 Å². The zero-order chi connectivity index (χ0) is 19.7. The van der Waals surface area contributed by atoms with Crippen LogP contribution < -0.4 is 4.74 Å². The van der Waals surface area contributed by atoms with Gasteiger partial charge in [0.05, 0.1) is 13.9 Å². The van der Waals surface area contributed by atoms with Crippen LogP contribution in [0.1, 0.15) is 21.5 Å². The number of thioether (sulfide) groups is 1. The van der Waals surface area contributed by atoms with Crippen LogP contribution in [0.4, 0.5) is 0 Å². The average Bonchev–Trinajstić information content (AvgIpc) is 2.98. The summed E-state index contributed by atoms with van der Waals surface area (Å²) >= 11 is 14.8. The third kappa shape index (κ3) is 4.08. The Labute approximate surface area is 189 Å². The third-order valence-corrected chi connectivity index (χ3v) is 6.87. The molecular formula is C22H13Br2ClO2S. The van der Waals surface area contributed by atoms with Gasteiger partial charge in [-0.1, -0.05) is 53.7 Å². The lowest BCUT2D eigenvalue weighted by Crippen LogP contribution is -1.98. The number of allylic oxidation sites excluding steroid dienone is 1. The van der Waals surface area contributed by atoms with E-state index in [4.69, 9.17) is 16.3 Å². The molecule has 0 aromatic heterocycles. The standard InChI is InChI=1S/C22H13Br2ClO2S/c23-16-9-13(11-20-21(26)15-6-2-4-8-19(15)28-20)10-17(24)22(16)27-12-14-5-1-3-7-18(14)25/h1-11H,12H2/b20-11-. The number of benzene rings is 3. The predicted molar refractivity (Wildman–Crippen MR) is 122 cm³/mol. The Morgan fingerprint density at radius 3 is 2.39 bits per heavy atom. The Hall–Kier alpha value is -1.53. The molecule has 140 valence electrons. The van der Waals surface area contributed by atoms with E-state index in [1.807, 2.05) is 66.7 Å². The van der Waals surface area contributed by atoms with E-state index < -0.39 is 0 Å². The van der Waals surface area contributed by atoms with Gasteiger partial charge in [-0.2, -0.15) is 0 Å². The first-order valence-corrected chi connectivity index (χ1v) is 11.2. The van der Waals surface area contributed by atoms with E-state index in [1.165, 1.54) is 11.8 Å². The molecule has 3 aromatic rings. The van der Waals surface area contributed by atoms with Gasteiger partial charge in [-0.15, -0.1) is 0 Å². The summed E-state index contributed by atoms with van der Waals surface area (Å²) in [4.78, 5) is 14.3. The smallest absolute Gasteiger partial charge is 0.200 e. The van der Waals surface area contributed by atoms with Crippen molar-refractivity contribution in [1.29, 1.82) is 0 Å². The highest BCUT2D eigenvalue weighted by molar-refractivity contribution is 9.11. The fourth-order valence-electron chi connectivity index (χ4n) is 2.85. The van der Waals surface area contributed by atoms with E-state index in [-0.39, 0.29) is 5.78 Å². The topological polar surface area (TPSA) is 26.3 Å². The minimum atomic E-state index is 0.0619. The molecule has 0 fully saturated rings. The summed E-state index contributed by atoms with van der Waals surface area (Å²) in [5, 5.41) is 0.674. The van der Waals surface area contributed by atoms with Crippen molar-refractivity contribution in [1.82, 2.24) is 0 Å².